The lowest BCUT2D eigenvalue weighted by molar-refractivity contribution is -0.185. The quantitative estimate of drug-likeness (QED) is 0.808. The summed E-state index contributed by atoms with van der Waals surface area (Å²) in [4.78, 5) is 14.5. The first-order valence-electron chi connectivity index (χ1n) is 9.05. The third kappa shape index (κ3) is 4.43. The second kappa shape index (κ2) is 7.75. The number of ether oxygens (including phenoxy) is 2. The number of carbonyl (C=O) groups is 1. The molecule has 126 valence electrons. The van der Waals surface area contributed by atoms with E-state index in [4.69, 9.17) is 9.47 Å². The molecule has 1 spiro atoms. The second-order valence-corrected chi connectivity index (χ2v) is 6.96. The minimum Gasteiger partial charge on any atom is -0.353 e. The van der Waals surface area contributed by atoms with Crippen molar-refractivity contribution in [1.29, 1.82) is 0 Å². The van der Waals surface area contributed by atoms with Gasteiger partial charge in [-0.05, 0) is 12.8 Å². The fourth-order valence-corrected chi connectivity index (χ4v) is 3.89. The van der Waals surface area contributed by atoms with Gasteiger partial charge in [0.15, 0.2) is 5.79 Å². The van der Waals surface area contributed by atoms with Crippen LogP contribution in [0.1, 0.15) is 57.8 Å². The van der Waals surface area contributed by atoms with Gasteiger partial charge >= 0.3 is 0 Å². The van der Waals surface area contributed by atoms with Crippen molar-refractivity contribution in [1.82, 2.24) is 10.2 Å². The Bertz CT molecular complexity index is 351. The van der Waals surface area contributed by atoms with E-state index in [0.29, 0.717) is 12.5 Å². The number of amides is 1. The third-order valence-corrected chi connectivity index (χ3v) is 5.31. The highest BCUT2D eigenvalue weighted by atomic mass is 16.7. The molecule has 0 aromatic heterocycles. The highest BCUT2D eigenvalue weighted by molar-refractivity contribution is 5.76. The summed E-state index contributed by atoms with van der Waals surface area (Å²) in [6.07, 6.45) is 9.97. The summed E-state index contributed by atoms with van der Waals surface area (Å²) in [7, 11) is 0. The van der Waals surface area contributed by atoms with E-state index in [9.17, 15) is 4.79 Å². The Kier molecular flexibility index (Phi) is 5.71. The molecule has 5 heteroatoms. The van der Waals surface area contributed by atoms with Gasteiger partial charge in [-0.1, -0.05) is 25.7 Å². The van der Waals surface area contributed by atoms with Gasteiger partial charge in [0.05, 0.1) is 13.2 Å². The van der Waals surface area contributed by atoms with E-state index < -0.39 is 0 Å². The fourth-order valence-electron chi connectivity index (χ4n) is 3.89. The van der Waals surface area contributed by atoms with Crippen LogP contribution in [0.3, 0.4) is 0 Å². The fraction of sp³-hybridized carbons (Fsp3) is 0.941. The van der Waals surface area contributed by atoms with Crippen molar-refractivity contribution in [2.24, 2.45) is 0 Å². The Morgan fingerprint density at radius 3 is 2.32 bits per heavy atom. The molecule has 3 aliphatic rings. The topological polar surface area (TPSA) is 50.8 Å². The number of likely N-dealkylation sites (tertiary alicyclic amines) is 1. The van der Waals surface area contributed by atoms with Gasteiger partial charge in [0.2, 0.25) is 5.91 Å². The monoisotopic (exact) mass is 310 g/mol. The van der Waals surface area contributed by atoms with Crippen LogP contribution in [0.4, 0.5) is 0 Å². The molecule has 0 aromatic rings. The Labute approximate surface area is 133 Å². The second-order valence-electron chi connectivity index (χ2n) is 6.96. The average molecular weight is 310 g/mol. The van der Waals surface area contributed by atoms with Crippen LogP contribution in [-0.2, 0) is 14.3 Å². The first-order chi connectivity index (χ1) is 10.8. The van der Waals surface area contributed by atoms with Crippen molar-refractivity contribution >= 4 is 5.91 Å². The highest BCUT2D eigenvalue weighted by Crippen LogP contribution is 2.31. The number of hydrogen-bond acceptors (Lipinski definition) is 4. The van der Waals surface area contributed by atoms with E-state index in [1.54, 1.807) is 0 Å². The predicted molar refractivity (Wildman–Crippen MR) is 84.6 cm³/mol. The third-order valence-electron chi connectivity index (χ3n) is 5.31. The summed E-state index contributed by atoms with van der Waals surface area (Å²) in [5.74, 6) is -0.0837. The van der Waals surface area contributed by atoms with Crippen LogP contribution in [0.15, 0.2) is 0 Å². The van der Waals surface area contributed by atoms with E-state index in [-0.39, 0.29) is 11.7 Å². The molecule has 3 rings (SSSR count). The number of carbonyl (C=O) groups excluding carboxylic acids is 1. The van der Waals surface area contributed by atoms with E-state index in [1.165, 1.54) is 25.7 Å². The number of hydrogen-bond donors (Lipinski definition) is 1. The molecule has 1 N–H and O–H groups in total. The van der Waals surface area contributed by atoms with Gasteiger partial charge in [0.1, 0.15) is 0 Å². The predicted octanol–water partition coefficient (Wildman–Crippen LogP) is 2.05. The Balaban J connectivity index is 1.33. The van der Waals surface area contributed by atoms with Crippen LogP contribution in [0.2, 0.25) is 0 Å². The van der Waals surface area contributed by atoms with E-state index in [0.717, 1.165) is 58.5 Å². The molecule has 0 radical (unpaired) electrons. The van der Waals surface area contributed by atoms with Gasteiger partial charge in [0.25, 0.3) is 0 Å². The molecule has 0 unspecified atom stereocenters. The summed E-state index contributed by atoms with van der Waals surface area (Å²) in [6.45, 7) is 4.25. The lowest BCUT2D eigenvalue weighted by Gasteiger charge is -2.37. The normalized spacial score (nSPS) is 26.9. The minimum absolute atomic E-state index is 0.223. The first kappa shape index (κ1) is 16.2. The Morgan fingerprint density at radius 1 is 1.05 bits per heavy atom. The Hall–Kier alpha value is -0.650. The molecule has 0 atom stereocenters. The number of nitrogens with zero attached hydrogens (tertiary/aromatic N) is 1. The smallest absolute Gasteiger partial charge is 0.221 e. The first-order valence-corrected chi connectivity index (χ1v) is 9.05. The van der Waals surface area contributed by atoms with E-state index >= 15 is 0 Å². The largest absolute Gasteiger partial charge is 0.353 e. The summed E-state index contributed by atoms with van der Waals surface area (Å²) < 4.78 is 11.5. The summed E-state index contributed by atoms with van der Waals surface area (Å²) in [5, 5.41) is 3.23. The zero-order chi connectivity index (χ0) is 15.3. The molecule has 5 nitrogen and oxygen atoms in total. The van der Waals surface area contributed by atoms with Crippen LogP contribution in [0, 0.1) is 0 Å². The summed E-state index contributed by atoms with van der Waals surface area (Å²) in [5.41, 5.74) is 0. The van der Waals surface area contributed by atoms with Crippen molar-refractivity contribution in [3.05, 3.63) is 0 Å². The van der Waals surface area contributed by atoms with Gasteiger partial charge in [-0.2, -0.15) is 0 Å². The van der Waals surface area contributed by atoms with Crippen LogP contribution in [0.5, 0.6) is 0 Å². The SMILES string of the molecule is O=C(CCN1CCC2(CC1)OCCO2)NC1CCCCCC1. The number of piperidine rings is 1. The maximum atomic E-state index is 12.1. The maximum absolute atomic E-state index is 12.1. The standard InChI is InChI=1S/C17H30N2O3/c20-16(18-15-5-3-1-2-4-6-15)7-10-19-11-8-17(9-12-19)21-13-14-22-17/h15H,1-14H2,(H,18,20). The van der Waals surface area contributed by atoms with Crippen molar-refractivity contribution in [2.75, 3.05) is 32.8 Å². The average Bonchev–Trinajstić information content (AvgIpc) is 2.82. The summed E-state index contributed by atoms with van der Waals surface area (Å²) in [6, 6.07) is 0.417. The van der Waals surface area contributed by atoms with Crippen molar-refractivity contribution in [3.8, 4) is 0 Å². The Morgan fingerprint density at radius 2 is 1.68 bits per heavy atom. The van der Waals surface area contributed by atoms with Crippen molar-refractivity contribution in [3.63, 3.8) is 0 Å². The minimum atomic E-state index is -0.306. The molecule has 0 bridgehead atoms. The zero-order valence-corrected chi connectivity index (χ0v) is 13.6. The van der Waals surface area contributed by atoms with Crippen LogP contribution < -0.4 is 5.32 Å². The zero-order valence-electron chi connectivity index (χ0n) is 13.6. The van der Waals surface area contributed by atoms with Gasteiger partial charge in [-0.25, -0.2) is 0 Å². The van der Waals surface area contributed by atoms with Crippen LogP contribution in [0.25, 0.3) is 0 Å². The molecule has 1 aliphatic carbocycles. The summed E-state index contributed by atoms with van der Waals surface area (Å²) >= 11 is 0. The van der Waals surface area contributed by atoms with Gasteiger partial charge < -0.3 is 19.7 Å². The van der Waals surface area contributed by atoms with Crippen LogP contribution >= 0.6 is 0 Å². The molecular formula is C17H30N2O3. The lowest BCUT2D eigenvalue weighted by Crippen LogP contribution is -2.46. The molecule has 3 fully saturated rings. The lowest BCUT2D eigenvalue weighted by atomic mass is 10.0. The molecule has 2 saturated heterocycles. The molecule has 1 amide bonds. The number of nitrogens with one attached hydrogen (secondary N) is 1. The molecule has 0 aromatic carbocycles. The van der Waals surface area contributed by atoms with Crippen LogP contribution in [-0.4, -0.2) is 55.5 Å². The van der Waals surface area contributed by atoms with E-state index in [2.05, 4.69) is 10.2 Å². The molecule has 22 heavy (non-hydrogen) atoms. The molecule has 2 heterocycles. The van der Waals surface area contributed by atoms with Gasteiger partial charge in [-0.15, -0.1) is 0 Å². The number of rotatable bonds is 4. The maximum Gasteiger partial charge on any atom is 0.221 e. The van der Waals surface area contributed by atoms with E-state index in [1.807, 2.05) is 0 Å². The molecular weight excluding hydrogens is 280 g/mol. The highest BCUT2D eigenvalue weighted by Gasteiger charge is 2.39. The van der Waals surface area contributed by atoms with Crippen molar-refractivity contribution in [2.45, 2.75) is 69.6 Å². The molecule has 1 saturated carbocycles. The molecule has 2 aliphatic heterocycles. The van der Waals surface area contributed by atoms with Crippen molar-refractivity contribution < 1.29 is 14.3 Å². The van der Waals surface area contributed by atoms with Gasteiger partial charge in [0, 0.05) is 44.9 Å². The van der Waals surface area contributed by atoms with Gasteiger partial charge in [-0.3, -0.25) is 4.79 Å².